The molecular formula is C24H29BN6. The maximum absolute atomic E-state index is 5.07. The lowest BCUT2D eigenvalue weighted by Crippen LogP contribution is -2.42. The third-order valence-electron chi connectivity index (χ3n) is 8.73. The fourth-order valence-electron chi connectivity index (χ4n) is 6.80. The second-order valence-corrected chi connectivity index (χ2v) is 10.4. The Labute approximate surface area is 183 Å². The van der Waals surface area contributed by atoms with Gasteiger partial charge in [0.15, 0.2) is 5.65 Å². The van der Waals surface area contributed by atoms with Crippen LogP contribution >= 0.6 is 0 Å². The number of rotatable bonds is 5. The first-order valence-corrected chi connectivity index (χ1v) is 11.9. The van der Waals surface area contributed by atoms with Crippen LogP contribution in [-0.4, -0.2) is 51.5 Å². The molecule has 4 fully saturated rings. The zero-order valence-electron chi connectivity index (χ0n) is 18.2. The van der Waals surface area contributed by atoms with E-state index in [0.717, 1.165) is 46.8 Å². The minimum absolute atomic E-state index is 0.540. The Kier molecular flexibility index (Phi) is 3.84. The predicted octanol–water partition coefficient (Wildman–Crippen LogP) is 1.97. The predicted molar refractivity (Wildman–Crippen MR) is 123 cm³/mol. The number of pyridine rings is 1. The zero-order chi connectivity index (χ0) is 20.6. The summed E-state index contributed by atoms with van der Waals surface area (Å²) in [5.41, 5.74) is 5.35. The van der Waals surface area contributed by atoms with E-state index in [0.29, 0.717) is 5.92 Å². The van der Waals surface area contributed by atoms with Crippen molar-refractivity contribution in [1.29, 1.82) is 0 Å². The standard InChI is InChI=1S/C24H29BN6/c25-19-14-28-31-22(27-13-15-2-1-5-26-12-15)9-20(29-23(19)31)16-3-6-30(7-4-16)21-8-17-10-24(17)11-18(21)24/h1-2,5,9,12,14,16-18,21,27H,3-4,6-8,10-11,13,25H2/t17-,18-,21?,24?/m1/s1. The van der Waals surface area contributed by atoms with E-state index in [4.69, 9.17) is 4.98 Å². The van der Waals surface area contributed by atoms with Gasteiger partial charge in [-0.25, -0.2) is 4.98 Å². The topological polar surface area (TPSA) is 58.4 Å². The zero-order valence-corrected chi connectivity index (χ0v) is 18.2. The normalized spacial score (nSPS) is 32.1. The van der Waals surface area contributed by atoms with E-state index in [1.807, 2.05) is 29.2 Å². The molecule has 31 heavy (non-hydrogen) atoms. The second-order valence-electron chi connectivity index (χ2n) is 10.4. The first-order chi connectivity index (χ1) is 15.2. The van der Waals surface area contributed by atoms with E-state index in [-0.39, 0.29) is 0 Å². The number of nitrogens with zero attached hydrogens (tertiary/aromatic N) is 5. The average Bonchev–Trinajstić information content (AvgIpc) is 3.66. The molecule has 0 bridgehead atoms. The van der Waals surface area contributed by atoms with E-state index in [9.17, 15) is 0 Å². The van der Waals surface area contributed by atoms with Crippen LogP contribution in [0.4, 0.5) is 5.82 Å². The molecule has 3 aromatic heterocycles. The van der Waals surface area contributed by atoms with Gasteiger partial charge in [0.05, 0.1) is 0 Å². The molecule has 7 heteroatoms. The first-order valence-electron chi connectivity index (χ1n) is 11.9. The maximum atomic E-state index is 5.07. The number of nitrogens with one attached hydrogen (secondary N) is 1. The summed E-state index contributed by atoms with van der Waals surface area (Å²) in [6.07, 6.45) is 12.7. The fraction of sp³-hybridized carbons (Fsp3) is 0.542. The second kappa shape index (κ2) is 6.55. The number of hydrogen-bond donors (Lipinski definition) is 1. The minimum Gasteiger partial charge on any atom is -0.366 e. The number of likely N-dealkylation sites (tertiary alicyclic amines) is 1. The molecule has 2 unspecified atom stereocenters. The number of hydrogen-bond acceptors (Lipinski definition) is 5. The van der Waals surface area contributed by atoms with Crippen LogP contribution in [0.1, 0.15) is 49.3 Å². The molecule has 1 saturated heterocycles. The van der Waals surface area contributed by atoms with Gasteiger partial charge in [0.1, 0.15) is 13.7 Å². The summed E-state index contributed by atoms with van der Waals surface area (Å²) in [5, 5.41) is 8.15. The highest BCUT2D eigenvalue weighted by Gasteiger charge is 2.77. The summed E-state index contributed by atoms with van der Waals surface area (Å²) in [7, 11) is 2.10. The summed E-state index contributed by atoms with van der Waals surface area (Å²) in [6.45, 7) is 3.20. The fourth-order valence-corrected chi connectivity index (χ4v) is 6.80. The molecule has 7 rings (SSSR count). The van der Waals surface area contributed by atoms with Crippen LogP contribution in [0.25, 0.3) is 5.65 Å². The molecule has 3 aliphatic carbocycles. The van der Waals surface area contributed by atoms with Crippen LogP contribution in [0.5, 0.6) is 0 Å². The van der Waals surface area contributed by atoms with Crippen LogP contribution in [0.2, 0.25) is 0 Å². The maximum Gasteiger partial charge on any atom is 0.151 e. The van der Waals surface area contributed by atoms with Crippen molar-refractivity contribution >= 4 is 24.8 Å². The van der Waals surface area contributed by atoms with Crippen molar-refractivity contribution in [3.63, 3.8) is 0 Å². The lowest BCUT2D eigenvalue weighted by Gasteiger charge is -2.37. The van der Waals surface area contributed by atoms with Crippen molar-refractivity contribution in [1.82, 2.24) is 24.5 Å². The molecule has 1 N–H and O–H groups in total. The van der Waals surface area contributed by atoms with Gasteiger partial charge in [0.2, 0.25) is 0 Å². The third kappa shape index (κ3) is 2.85. The summed E-state index contributed by atoms with van der Waals surface area (Å²) >= 11 is 0. The molecule has 0 radical (unpaired) electrons. The van der Waals surface area contributed by atoms with Crippen LogP contribution in [-0.2, 0) is 6.54 Å². The number of aromatic nitrogens is 4. The molecule has 1 spiro atoms. The van der Waals surface area contributed by atoms with Gasteiger partial charge in [0.25, 0.3) is 0 Å². The molecule has 6 nitrogen and oxygen atoms in total. The van der Waals surface area contributed by atoms with Crippen LogP contribution < -0.4 is 10.8 Å². The Balaban J connectivity index is 1.10. The Morgan fingerprint density at radius 2 is 2.10 bits per heavy atom. The van der Waals surface area contributed by atoms with Crippen molar-refractivity contribution in [3.05, 3.63) is 48.0 Å². The molecular weight excluding hydrogens is 383 g/mol. The van der Waals surface area contributed by atoms with Gasteiger partial charge in [-0.3, -0.25) is 4.98 Å². The number of anilines is 1. The molecule has 1 aliphatic heterocycles. The lowest BCUT2D eigenvalue weighted by atomic mass is 9.91. The van der Waals surface area contributed by atoms with Crippen LogP contribution in [0.15, 0.2) is 36.8 Å². The summed E-state index contributed by atoms with van der Waals surface area (Å²) in [6, 6.07) is 7.20. The first kappa shape index (κ1) is 18.2. The highest BCUT2D eigenvalue weighted by Crippen LogP contribution is 2.82. The van der Waals surface area contributed by atoms with Crippen molar-refractivity contribution < 1.29 is 0 Å². The van der Waals surface area contributed by atoms with E-state index in [1.54, 1.807) is 6.42 Å². The van der Waals surface area contributed by atoms with E-state index >= 15 is 0 Å². The third-order valence-corrected chi connectivity index (χ3v) is 8.73. The highest BCUT2D eigenvalue weighted by molar-refractivity contribution is 6.36. The van der Waals surface area contributed by atoms with Crippen molar-refractivity contribution in [3.8, 4) is 0 Å². The Hall–Kier alpha value is -2.41. The van der Waals surface area contributed by atoms with Crippen molar-refractivity contribution in [2.45, 2.75) is 50.6 Å². The monoisotopic (exact) mass is 412 g/mol. The Morgan fingerprint density at radius 3 is 2.84 bits per heavy atom. The van der Waals surface area contributed by atoms with Crippen LogP contribution in [0.3, 0.4) is 0 Å². The van der Waals surface area contributed by atoms with Gasteiger partial charge in [-0.05, 0) is 79.5 Å². The molecule has 158 valence electrons. The summed E-state index contributed by atoms with van der Waals surface area (Å²) in [5.74, 6) is 3.69. The van der Waals surface area contributed by atoms with Gasteiger partial charge in [-0.1, -0.05) is 6.07 Å². The van der Waals surface area contributed by atoms with Gasteiger partial charge < -0.3 is 10.2 Å². The van der Waals surface area contributed by atoms with Gasteiger partial charge >= 0.3 is 0 Å². The largest absolute Gasteiger partial charge is 0.366 e. The Morgan fingerprint density at radius 1 is 1.19 bits per heavy atom. The minimum atomic E-state index is 0.540. The Bertz CT molecular complexity index is 1140. The number of piperidine rings is 1. The van der Waals surface area contributed by atoms with Crippen LogP contribution in [0, 0.1) is 17.3 Å². The molecule has 3 aromatic rings. The van der Waals surface area contributed by atoms with E-state index in [1.165, 1.54) is 50.0 Å². The number of fused-ring (bicyclic) bond motifs is 1. The highest BCUT2D eigenvalue weighted by atomic mass is 15.3. The molecule has 4 heterocycles. The molecule has 0 aromatic carbocycles. The smallest absolute Gasteiger partial charge is 0.151 e. The summed E-state index contributed by atoms with van der Waals surface area (Å²) in [4.78, 5) is 12.1. The average molecular weight is 412 g/mol. The molecule has 3 saturated carbocycles. The molecule has 4 aliphatic rings. The van der Waals surface area contributed by atoms with Gasteiger partial charge in [0, 0.05) is 48.9 Å². The van der Waals surface area contributed by atoms with Gasteiger partial charge in [-0.2, -0.15) is 9.61 Å². The molecule has 4 atom stereocenters. The van der Waals surface area contributed by atoms with E-state index < -0.39 is 0 Å². The van der Waals surface area contributed by atoms with Crippen molar-refractivity contribution in [2.24, 2.45) is 17.3 Å². The SMILES string of the molecule is Bc1cnn2c(NCc3cccnc3)cc(C3CCN(C4C[C@@H]5CC56C[C@H]46)CC3)nc12. The van der Waals surface area contributed by atoms with E-state index in [2.05, 4.69) is 40.3 Å². The van der Waals surface area contributed by atoms with Crippen molar-refractivity contribution in [2.75, 3.05) is 18.4 Å². The van der Waals surface area contributed by atoms with Gasteiger partial charge in [-0.15, -0.1) is 0 Å². The summed E-state index contributed by atoms with van der Waals surface area (Å²) < 4.78 is 1.95. The quantitative estimate of drug-likeness (QED) is 0.650. The lowest BCUT2D eigenvalue weighted by molar-refractivity contribution is 0.132. The molecule has 0 amide bonds.